The highest BCUT2D eigenvalue weighted by molar-refractivity contribution is 5.93. The van der Waals surface area contributed by atoms with Gasteiger partial charge in [0, 0.05) is 31.6 Å². The van der Waals surface area contributed by atoms with E-state index < -0.39 is 0 Å². The molecule has 3 aliphatic rings. The molecule has 2 saturated heterocycles. The standard InChI is InChI=1S/C16H23N3O3/c1-2-13-15(17-9-22-13)16(20)18-11-5-12-8-21-14(10-3-4-10)7-19(12)6-11/h9-12,14H,2-8H2,1H3,(H,18,20)/t11-,12-,14+/m0/s1. The summed E-state index contributed by atoms with van der Waals surface area (Å²) >= 11 is 0. The molecule has 0 radical (unpaired) electrons. The molecule has 0 unspecified atom stereocenters. The number of amides is 1. The molecular weight excluding hydrogens is 282 g/mol. The van der Waals surface area contributed by atoms with Gasteiger partial charge in [-0.15, -0.1) is 0 Å². The summed E-state index contributed by atoms with van der Waals surface area (Å²) < 4.78 is 11.2. The van der Waals surface area contributed by atoms with Gasteiger partial charge in [-0.1, -0.05) is 6.92 Å². The molecule has 0 aromatic carbocycles. The van der Waals surface area contributed by atoms with Crippen LogP contribution in [0.5, 0.6) is 0 Å². The highest BCUT2D eigenvalue weighted by Crippen LogP contribution is 2.37. The summed E-state index contributed by atoms with van der Waals surface area (Å²) in [5.41, 5.74) is 0.430. The molecule has 6 nitrogen and oxygen atoms in total. The fourth-order valence-electron chi connectivity index (χ4n) is 3.72. The Morgan fingerprint density at radius 3 is 3.09 bits per heavy atom. The molecular formula is C16H23N3O3. The molecule has 4 rings (SSSR count). The van der Waals surface area contributed by atoms with Gasteiger partial charge < -0.3 is 14.5 Å². The van der Waals surface area contributed by atoms with Crippen LogP contribution in [0.15, 0.2) is 10.8 Å². The van der Waals surface area contributed by atoms with Crippen LogP contribution in [0.3, 0.4) is 0 Å². The van der Waals surface area contributed by atoms with Crippen molar-refractivity contribution in [3.63, 3.8) is 0 Å². The molecule has 1 aromatic heterocycles. The van der Waals surface area contributed by atoms with E-state index in [2.05, 4.69) is 15.2 Å². The van der Waals surface area contributed by atoms with Gasteiger partial charge in [0.15, 0.2) is 12.1 Å². The fraction of sp³-hybridized carbons (Fsp3) is 0.750. The quantitative estimate of drug-likeness (QED) is 0.906. The Hall–Kier alpha value is -1.40. The van der Waals surface area contributed by atoms with Gasteiger partial charge in [-0.25, -0.2) is 4.98 Å². The molecule has 1 N–H and O–H groups in total. The Labute approximate surface area is 130 Å². The van der Waals surface area contributed by atoms with Gasteiger partial charge in [0.25, 0.3) is 5.91 Å². The molecule has 3 atom stereocenters. The molecule has 22 heavy (non-hydrogen) atoms. The smallest absolute Gasteiger partial charge is 0.273 e. The molecule has 1 saturated carbocycles. The van der Waals surface area contributed by atoms with Crippen LogP contribution in [0, 0.1) is 5.92 Å². The molecule has 0 bridgehead atoms. The van der Waals surface area contributed by atoms with Crippen molar-refractivity contribution in [3.8, 4) is 0 Å². The number of aromatic nitrogens is 1. The zero-order valence-electron chi connectivity index (χ0n) is 13.0. The van der Waals surface area contributed by atoms with Crippen molar-refractivity contribution < 1.29 is 13.9 Å². The maximum absolute atomic E-state index is 12.3. The molecule has 6 heteroatoms. The van der Waals surface area contributed by atoms with Crippen LogP contribution in [0.1, 0.15) is 42.4 Å². The van der Waals surface area contributed by atoms with E-state index in [1.807, 2.05) is 6.92 Å². The van der Waals surface area contributed by atoms with E-state index >= 15 is 0 Å². The third-order valence-corrected chi connectivity index (χ3v) is 5.11. The number of nitrogens with one attached hydrogen (secondary N) is 1. The van der Waals surface area contributed by atoms with Crippen LogP contribution in [0.2, 0.25) is 0 Å². The third-order valence-electron chi connectivity index (χ3n) is 5.11. The SMILES string of the molecule is CCc1ocnc1C(=O)N[C@H]1C[C@H]2CO[C@@H](C3CC3)CN2C1. The topological polar surface area (TPSA) is 67.6 Å². The molecule has 120 valence electrons. The van der Waals surface area contributed by atoms with Gasteiger partial charge in [0.1, 0.15) is 5.76 Å². The molecule has 1 aliphatic carbocycles. The van der Waals surface area contributed by atoms with Gasteiger partial charge in [-0.3, -0.25) is 9.69 Å². The Morgan fingerprint density at radius 1 is 1.45 bits per heavy atom. The monoisotopic (exact) mass is 305 g/mol. The average molecular weight is 305 g/mol. The predicted molar refractivity (Wildman–Crippen MR) is 79.6 cm³/mol. The van der Waals surface area contributed by atoms with Crippen LogP contribution >= 0.6 is 0 Å². The van der Waals surface area contributed by atoms with Crippen molar-refractivity contribution in [1.29, 1.82) is 0 Å². The molecule has 3 heterocycles. The lowest BCUT2D eigenvalue weighted by Gasteiger charge is -2.35. The minimum absolute atomic E-state index is 0.116. The van der Waals surface area contributed by atoms with Crippen LogP contribution < -0.4 is 5.32 Å². The average Bonchev–Trinajstić information content (AvgIpc) is 3.12. The number of rotatable bonds is 4. The number of nitrogens with zero attached hydrogens (tertiary/aromatic N) is 2. The number of aryl methyl sites for hydroxylation is 1. The van der Waals surface area contributed by atoms with Gasteiger partial charge in [-0.05, 0) is 25.2 Å². The Bertz CT molecular complexity index is 555. The minimum Gasteiger partial charge on any atom is -0.448 e. The third kappa shape index (κ3) is 2.65. The number of hydrogen-bond donors (Lipinski definition) is 1. The second-order valence-corrected chi connectivity index (χ2v) is 6.70. The van der Waals surface area contributed by atoms with Crippen molar-refractivity contribution in [2.24, 2.45) is 5.92 Å². The lowest BCUT2D eigenvalue weighted by atomic mass is 10.1. The number of ether oxygens (including phenoxy) is 1. The van der Waals surface area contributed by atoms with E-state index in [4.69, 9.17) is 9.15 Å². The summed E-state index contributed by atoms with van der Waals surface area (Å²) in [7, 11) is 0. The highest BCUT2D eigenvalue weighted by atomic mass is 16.5. The van der Waals surface area contributed by atoms with Gasteiger partial charge in [-0.2, -0.15) is 0 Å². The maximum Gasteiger partial charge on any atom is 0.273 e. The van der Waals surface area contributed by atoms with Crippen LogP contribution in [-0.2, 0) is 11.2 Å². The second-order valence-electron chi connectivity index (χ2n) is 6.70. The van der Waals surface area contributed by atoms with Crippen LogP contribution in [-0.4, -0.2) is 53.7 Å². The van der Waals surface area contributed by atoms with Crippen molar-refractivity contribution in [3.05, 3.63) is 17.8 Å². The number of morpholine rings is 1. The van der Waals surface area contributed by atoms with Gasteiger partial charge in [0.2, 0.25) is 0 Å². The summed E-state index contributed by atoms with van der Waals surface area (Å²) in [4.78, 5) is 18.9. The first-order chi connectivity index (χ1) is 10.7. The number of carbonyl (C=O) groups excluding carboxylic acids is 1. The van der Waals surface area contributed by atoms with E-state index in [0.717, 1.165) is 32.0 Å². The van der Waals surface area contributed by atoms with Gasteiger partial charge >= 0.3 is 0 Å². The van der Waals surface area contributed by atoms with Gasteiger partial charge in [0.05, 0.1) is 12.7 Å². The van der Waals surface area contributed by atoms with Crippen LogP contribution in [0.4, 0.5) is 0 Å². The van der Waals surface area contributed by atoms with E-state index in [1.165, 1.54) is 19.2 Å². The summed E-state index contributed by atoms with van der Waals surface area (Å²) in [6, 6.07) is 0.628. The lowest BCUT2D eigenvalue weighted by Crippen LogP contribution is -2.47. The summed E-state index contributed by atoms with van der Waals surface area (Å²) in [5, 5.41) is 3.11. The minimum atomic E-state index is -0.116. The second kappa shape index (κ2) is 5.66. The summed E-state index contributed by atoms with van der Waals surface area (Å²) in [6.07, 6.45) is 6.03. The highest BCUT2D eigenvalue weighted by Gasteiger charge is 2.42. The lowest BCUT2D eigenvalue weighted by molar-refractivity contribution is -0.0581. The number of oxazole rings is 1. The Morgan fingerprint density at radius 2 is 2.32 bits per heavy atom. The molecule has 2 aliphatic heterocycles. The molecule has 3 fully saturated rings. The normalized spacial score (nSPS) is 32.0. The largest absolute Gasteiger partial charge is 0.448 e. The number of carbonyl (C=O) groups is 1. The van der Waals surface area contributed by atoms with E-state index in [1.54, 1.807) is 0 Å². The van der Waals surface area contributed by atoms with Crippen molar-refractivity contribution >= 4 is 5.91 Å². The number of fused-ring (bicyclic) bond motifs is 1. The zero-order valence-corrected chi connectivity index (χ0v) is 13.0. The Kier molecular flexibility index (Phi) is 3.66. The van der Waals surface area contributed by atoms with E-state index in [-0.39, 0.29) is 11.9 Å². The number of hydrogen-bond acceptors (Lipinski definition) is 5. The molecule has 1 amide bonds. The first kappa shape index (κ1) is 14.2. The summed E-state index contributed by atoms with van der Waals surface area (Å²) in [6.45, 7) is 4.70. The zero-order chi connectivity index (χ0) is 15.1. The molecule has 1 aromatic rings. The maximum atomic E-state index is 12.3. The summed E-state index contributed by atoms with van der Waals surface area (Å²) in [5.74, 6) is 1.32. The first-order valence-corrected chi connectivity index (χ1v) is 8.33. The Balaban J connectivity index is 1.36. The van der Waals surface area contributed by atoms with Crippen molar-refractivity contribution in [2.45, 2.75) is 50.8 Å². The van der Waals surface area contributed by atoms with E-state index in [0.29, 0.717) is 30.0 Å². The van der Waals surface area contributed by atoms with Crippen molar-refractivity contribution in [1.82, 2.24) is 15.2 Å². The fourth-order valence-corrected chi connectivity index (χ4v) is 3.72. The van der Waals surface area contributed by atoms with E-state index in [9.17, 15) is 4.79 Å². The van der Waals surface area contributed by atoms with Crippen LogP contribution in [0.25, 0.3) is 0 Å². The first-order valence-electron chi connectivity index (χ1n) is 8.33. The predicted octanol–water partition coefficient (Wildman–Crippen LogP) is 1.22. The molecule has 0 spiro atoms. The van der Waals surface area contributed by atoms with Crippen molar-refractivity contribution in [2.75, 3.05) is 19.7 Å².